The first-order chi connectivity index (χ1) is 24.2. The first-order valence-corrected chi connectivity index (χ1v) is 20.5. The van der Waals surface area contributed by atoms with Gasteiger partial charge in [0, 0.05) is 0 Å². The molecule has 0 radical (unpaired) electrons. The van der Waals surface area contributed by atoms with Crippen LogP contribution in [0.4, 0.5) is 0 Å². The maximum absolute atomic E-state index is 6.69. The second-order valence-electron chi connectivity index (χ2n) is 14.1. The Balaban J connectivity index is 1.71. The third-order valence-corrected chi connectivity index (χ3v) is 9.74. The normalized spacial score (nSPS) is 11.1. The van der Waals surface area contributed by atoms with Crippen LogP contribution in [-0.2, 0) is 19.3 Å². The molecule has 0 bridgehead atoms. The Morgan fingerprint density at radius 3 is 0.857 bits per heavy atom. The van der Waals surface area contributed by atoms with Crippen LogP contribution in [0.25, 0.3) is 0 Å². The van der Waals surface area contributed by atoms with Crippen molar-refractivity contribution >= 4 is 7.32 Å². The number of hydrogen-bond donors (Lipinski definition) is 0. The topological polar surface area (TPSA) is 27.7 Å². The molecule has 0 unspecified atom stereocenters. The number of unbranched alkanes of at least 4 members (excludes halogenated alkanes) is 18. The molecule has 0 amide bonds. The van der Waals surface area contributed by atoms with Gasteiger partial charge in [0.1, 0.15) is 17.2 Å². The third-order valence-electron chi connectivity index (χ3n) is 9.74. The molecule has 0 saturated heterocycles. The van der Waals surface area contributed by atoms with Gasteiger partial charge in [-0.05, 0) is 73.4 Å². The molecule has 3 aromatic rings. The predicted molar refractivity (Wildman–Crippen MR) is 212 cm³/mol. The van der Waals surface area contributed by atoms with Gasteiger partial charge in [0.25, 0.3) is 0 Å². The van der Waals surface area contributed by atoms with Crippen LogP contribution in [0.5, 0.6) is 17.2 Å². The van der Waals surface area contributed by atoms with Crippen molar-refractivity contribution in [3.05, 3.63) is 89.5 Å². The van der Waals surface area contributed by atoms with Gasteiger partial charge in [0.2, 0.25) is 0 Å². The van der Waals surface area contributed by atoms with E-state index < -0.39 is 7.32 Å². The lowest BCUT2D eigenvalue weighted by molar-refractivity contribution is 0.303. The van der Waals surface area contributed by atoms with Gasteiger partial charge in [-0.25, -0.2) is 0 Å². The van der Waals surface area contributed by atoms with Gasteiger partial charge < -0.3 is 14.0 Å². The summed E-state index contributed by atoms with van der Waals surface area (Å²) in [5, 5.41) is 0. The van der Waals surface area contributed by atoms with Gasteiger partial charge in [-0.2, -0.15) is 0 Å². The van der Waals surface area contributed by atoms with E-state index in [1.807, 2.05) is 0 Å². The molecule has 0 atom stereocenters. The molecule has 0 fully saturated rings. The smallest absolute Gasteiger partial charge is 0.489 e. The number of rotatable bonds is 30. The van der Waals surface area contributed by atoms with Crippen molar-refractivity contribution in [3.63, 3.8) is 0 Å². The summed E-state index contributed by atoms with van der Waals surface area (Å²) in [5.41, 5.74) is 3.67. The van der Waals surface area contributed by atoms with Crippen molar-refractivity contribution in [1.82, 2.24) is 0 Å². The fraction of sp³-hybridized carbons (Fsp3) is 0.600. The minimum Gasteiger partial charge on any atom is -0.489 e. The lowest BCUT2D eigenvalue weighted by Gasteiger charge is -2.21. The zero-order valence-electron chi connectivity index (χ0n) is 31.7. The molecule has 0 heterocycles. The summed E-state index contributed by atoms with van der Waals surface area (Å²) in [6.45, 7) is 6.84. The molecule has 0 aliphatic carbocycles. The van der Waals surface area contributed by atoms with Crippen molar-refractivity contribution in [3.8, 4) is 17.2 Å². The van der Waals surface area contributed by atoms with Crippen LogP contribution < -0.4 is 14.0 Å². The summed E-state index contributed by atoms with van der Waals surface area (Å²) in [7, 11) is -0.888. The highest BCUT2D eigenvalue weighted by atomic mass is 16.7. The summed E-state index contributed by atoms with van der Waals surface area (Å²) < 4.78 is 20.1. The molecule has 49 heavy (non-hydrogen) atoms. The highest BCUT2D eigenvalue weighted by Crippen LogP contribution is 2.28. The molecule has 0 aliphatic heterocycles. The Bertz CT molecular complexity index is 1080. The third kappa shape index (κ3) is 17.6. The van der Waals surface area contributed by atoms with E-state index >= 15 is 0 Å². The molecule has 0 aromatic heterocycles. The molecule has 270 valence electrons. The Hall–Kier alpha value is -2.88. The lowest BCUT2D eigenvalue weighted by Crippen LogP contribution is -2.37. The van der Waals surface area contributed by atoms with Gasteiger partial charge >= 0.3 is 7.32 Å². The molecule has 4 heteroatoms. The number of hydrogen-bond acceptors (Lipinski definition) is 3. The van der Waals surface area contributed by atoms with E-state index in [9.17, 15) is 0 Å². The minimum atomic E-state index is -0.888. The average molecular weight is 669 g/mol. The predicted octanol–water partition coefficient (Wildman–Crippen LogP) is 14.1. The highest BCUT2D eigenvalue weighted by Gasteiger charge is 2.32. The highest BCUT2D eigenvalue weighted by molar-refractivity contribution is 6.39. The summed E-state index contributed by atoms with van der Waals surface area (Å²) in [6, 6.07) is 25.4. The zero-order valence-corrected chi connectivity index (χ0v) is 31.7. The van der Waals surface area contributed by atoms with Crippen molar-refractivity contribution in [2.75, 3.05) is 0 Å². The first kappa shape index (κ1) is 40.6. The number of aryl methyl sites for hydroxylation is 3. The van der Waals surface area contributed by atoms with E-state index in [0.29, 0.717) is 0 Å². The van der Waals surface area contributed by atoms with E-state index in [-0.39, 0.29) is 0 Å². The summed E-state index contributed by atoms with van der Waals surface area (Å²) in [5.74, 6) is 2.56. The second kappa shape index (κ2) is 26.9. The van der Waals surface area contributed by atoms with E-state index in [0.717, 1.165) is 36.5 Å². The number of para-hydroxylation sites is 3. The maximum atomic E-state index is 6.69. The first-order valence-electron chi connectivity index (χ1n) is 20.5. The minimum absolute atomic E-state index is 0.854. The summed E-state index contributed by atoms with van der Waals surface area (Å²) in [4.78, 5) is 0. The van der Waals surface area contributed by atoms with E-state index in [4.69, 9.17) is 14.0 Å². The molecule has 3 rings (SSSR count). The van der Waals surface area contributed by atoms with Crippen molar-refractivity contribution in [1.29, 1.82) is 0 Å². The second-order valence-corrected chi connectivity index (χ2v) is 14.1. The lowest BCUT2D eigenvalue weighted by atomic mass is 10.0. The Kier molecular flexibility index (Phi) is 22.3. The Labute approximate surface area is 302 Å². The molecule has 0 aliphatic rings. The average Bonchev–Trinajstić information content (AvgIpc) is 3.12. The quantitative estimate of drug-likeness (QED) is 0.0523. The maximum Gasteiger partial charge on any atom is 0.864 e. The van der Waals surface area contributed by atoms with Crippen LogP contribution >= 0.6 is 0 Å². The van der Waals surface area contributed by atoms with Crippen molar-refractivity contribution in [2.24, 2.45) is 0 Å². The monoisotopic (exact) mass is 669 g/mol. The van der Waals surface area contributed by atoms with Crippen LogP contribution in [0.2, 0.25) is 0 Å². The van der Waals surface area contributed by atoms with Crippen LogP contribution in [0.15, 0.2) is 72.8 Å². The molecular formula is C45H69BO3. The SMILES string of the molecule is CCCCCCCCCc1ccccc1OB(Oc1ccccc1CCCCCCCCC)Oc1ccccc1CCCCCCCCC. The van der Waals surface area contributed by atoms with Crippen LogP contribution in [0.3, 0.4) is 0 Å². The Morgan fingerprint density at radius 2 is 0.571 bits per heavy atom. The van der Waals surface area contributed by atoms with Crippen molar-refractivity contribution in [2.45, 2.75) is 175 Å². The van der Waals surface area contributed by atoms with E-state index in [1.165, 1.54) is 152 Å². The fourth-order valence-corrected chi connectivity index (χ4v) is 6.68. The molecule has 3 nitrogen and oxygen atoms in total. The van der Waals surface area contributed by atoms with Crippen LogP contribution in [0.1, 0.15) is 172 Å². The van der Waals surface area contributed by atoms with Crippen LogP contribution in [0, 0.1) is 0 Å². The molecule has 0 saturated carbocycles. The standard InChI is InChI=1S/C45H69BO3/c1-4-7-10-13-16-19-22-31-40-34-25-28-37-43(40)47-46(48-44-38-29-26-35-41(44)32-23-20-17-14-11-8-5-2)49-45-39-30-27-36-42(45)33-24-21-18-15-12-9-6-3/h25-30,34-39H,4-24,31-33H2,1-3H3. The Morgan fingerprint density at radius 1 is 0.327 bits per heavy atom. The number of benzene rings is 3. The molecule has 0 N–H and O–H groups in total. The largest absolute Gasteiger partial charge is 0.864 e. The van der Waals surface area contributed by atoms with Crippen molar-refractivity contribution < 1.29 is 14.0 Å². The summed E-state index contributed by atoms with van der Waals surface area (Å²) in [6.07, 6.45) is 30.2. The molecule has 3 aromatic carbocycles. The fourth-order valence-electron chi connectivity index (χ4n) is 6.68. The summed E-state index contributed by atoms with van der Waals surface area (Å²) >= 11 is 0. The van der Waals surface area contributed by atoms with Gasteiger partial charge in [-0.1, -0.05) is 191 Å². The zero-order chi connectivity index (χ0) is 34.6. The van der Waals surface area contributed by atoms with Gasteiger partial charge in [0.05, 0.1) is 0 Å². The van der Waals surface area contributed by atoms with Crippen LogP contribution in [-0.4, -0.2) is 7.32 Å². The van der Waals surface area contributed by atoms with E-state index in [2.05, 4.69) is 93.6 Å². The van der Waals surface area contributed by atoms with Gasteiger partial charge in [-0.15, -0.1) is 0 Å². The van der Waals surface area contributed by atoms with E-state index in [1.54, 1.807) is 0 Å². The molecular weight excluding hydrogens is 599 g/mol. The van der Waals surface area contributed by atoms with Gasteiger partial charge in [0.15, 0.2) is 0 Å². The molecule has 0 spiro atoms. The van der Waals surface area contributed by atoms with Gasteiger partial charge in [-0.3, -0.25) is 0 Å².